The minimum Gasteiger partial charge on any atom is -0.489 e. The summed E-state index contributed by atoms with van der Waals surface area (Å²) in [6.07, 6.45) is 5.62. The molecule has 0 radical (unpaired) electrons. The van der Waals surface area contributed by atoms with Crippen molar-refractivity contribution in [2.24, 2.45) is 11.7 Å². The first-order valence-electron chi connectivity index (χ1n) is 8.63. The van der Waals surface area contributed by atoms with Crippen LogP contribution >= 0.6 is 0 Å². The van der Waals surface area contributed by atoms with Gasteiger partial charge in [0.05, 0.1) is 0 Å². The SMILES string of the molecule is CC(C)CC(C)(N)COc1ccc(-c2ccnc3nccnc23)cc1F. The number of hydrogen-bond acceptors (Lipinski definition) is 5. The zero-order valence-corrected chi connectivity index (χ0v) is 15.2. The molecule has 1 unspecified atom stereocenters. The molecule has 1 atom stereocenters. The standard InChI is InChI=1S/C20H23FN4O/c1-13(2)11-20(3,22)12-26-17-5-4-14(10-16(17)21)15-6-7-24-19-18(15)23-8-9-25-19/h4-10,13H,11-12,22H2,1-3H3. The van der Waals surface area contributed by atoms with E-state index in [-0.39, 0.29) is 12.4 Å². The molecule has 2 N–H and O–H groups in total. The summed E-state index contributed by atoms with van der Waals surface area (Å²) in [5, 5.41) is 0. The number of hydrogen-bond donors (Lipinski definition) is 1. The second-order valence-electron chi connectivity index (χ2n) is 7.27. The number of rotatable bonds is 6. The van der Waals surface area contributed by atoms with Crippen molar-refractivity contribution in [2.45, 2.75) is 32.7 Å². The average molecular weight is 354 g/mol. The smallest absolute Gasteiger partial charge is 0.178 e. The maximum Gasteiger partial charge on any atom is 0.178 e. The molecule has 0 bridgehead atoms. The Morgan fingerprint density at radius 2 is 1.85 bits per heavy atom. The molecule has 3 aromatic rings. The van der Waals surface area contributed by atoms with Crippen LogP contribution in [0.4, 0.5) is 4.39 Å². The van der Waals surface area contributed by atoms with Gasteiger partial charge < -0.3 is 10.5 Å². The minimum atomic E-state index is -0.504. The van der Waals surface area contributed by atoms with Crippen LogP contribution in [0.15, 0.2) is 42.9 Å². The molecule has 2 heterocycles. The number of fused-ring (bicyclic) bond motifs is 1. The molecule has 0 saturated heterocycles. The highest BCUT2D eigenvalue weighted by Gasteiger charge is 2.22. The molecule has 2 aromatic heterocycles. The Bertz CT molecular complexity index is 906. The second-order valence-corrected chi connectivity index (χ2v) is 7.27. The van der Waals surface area contributed by atoms with Gasteiger partial charge in [-0.25, -0.2) is 14.4 Å². The van der Waals surface area contributed by atoms with E-state index in [1.807, 2.05) is 6.92 Å². The number of aromatic nitrogens is 3. The summed E-state index contributed by atoms with van der Waals surface area (Å²) >= 11 is 0. The van der Waals surface area contributed by atoms with E-state index in [2.05, 4.69) is 28.8 Å². The maximum atomic E-state index is 14.6. The topological polar surface area (TPSA) is 73.9 Å². The summed E-state index contributed by atoms with van der Waals surface area (Å²) < 4.78 is 20.2. The molecule has 0 amide bonds. The van der Waals surface area contributed by atoms with E-state index in [0.717, 1.165) is 12.0 Å². The fourth-order valence-corrected chi connectivity index (χ4v) is 3.13. The van der Waals surface area contributed by atoms with Gasteiger partial charge in [-0.15, -0.1) is 0 Å². The molecule has 0 aliphatic heterocycles. The van der Waals surface area contributed by atoms with Gasteiger partial charge in [-0.05, 0) is 43.0 Å². The highest BCUT2D eigenvalue weighted by molar-refractivity contribution is 5.88. The van der Waals surface area contributed by atoms with Crippen molar-refractivity contribution in [1.82, 2.24) is 15.0 Å². The van der Waals surface area contributed by atoms with Gasteiger partial charge in [0.1, 0.15) is 12.1 Å². The van der Waals surface area contributed by atoms with Gasteiger partial charge in [0.25, 0.3) is 0 Å². The van der Waals surface area contributed by atoms with E-state index in [1.165, 1.54) is 6.07 Å². The van der Waals surface area contributed by atoms with Gasteiger partial charge in [-0.2, -0.15) is 0 Å². The molecule has 0 saturated carbocycles. The lowest BCUT2D eigenvalue weighted by atomic mass is 9.93. The van der Waals surface area contributed by atoms with Crippen molar-refractivity contribution in [3.05, 3.63) is 48.7 Å². The van der Waals surface area contributed by atoms with Crippen molar-refractivity contribution < 1.29 is 9.13 Å². The first-order valence-corrected chi connectivity index (χ1v) is 8.63. The molecule has 6 heteroatoms. The van der Waals surface area contributed by atoms with Gasteiger partial charge in [0.2, 0.25) is 0 Å². The summed E-state index contributed by atoms with van der Waals surface area (Å²) in [5.41, 5.74) is 8.36. The van der Waals surface area contributed by atoms with Crippen LogP contribution in [0.3, 0.4) is 0 Å². The Morgan fingerprint density at radius 1 is 1.12 bits per heavy atom. The fraction of sp³-hybridized carbons (Fsp3) is 0.350. The van der Waals surface area contributed by atoms with Crippen molar-refractivity contribution in [2.75, 3.05) is 6.61 Å². The second kappa shape index (κ2) is 7.33. The maximum absolute atomic E-state index is 14.6. The van der Waals surface area contributed by atoms with Crippen LogP contribution < -0.4 is 10.5 Å². The third-order valence-electron chi connectivity index (χ3n) is 4.05. The fourth-order valence-electron chi connectivity index (χ4n) is 3.13. The number of nitrogens with two attached hydrogens (primary N) is 1. The van der Waals surface area contributed by atoms with E-state index < -0.39 is 11.4 Å². The number of benzene rings is 1. The molecule has 0 aliphatic rings. The van der Waals surface area contributed by atoms with Gasteiger partial charge in [0.15, 0.2) is 17.2 Å². The number of ether oxygens (including phenoxy) is 1. The monoisotopic (exact) mass is 354 g/mol. The van der Waals surface area contributed by atoms with Crippen LogP contribution in [0.5, 0.6) is 5.75 Å². The van der Waals surface area contributed by atoms with Crippen LogP contribution in [0.2, 0.25) is 0 Å². The third-order valence-corrected chi connectivity index (χ3v) is 4.05. The molecule has 26 heavy (non-hydrogen) atoms. The van der Waals surface area contributed by atoms with Crippen molar-refractivity contribution >= 4 is 11.2 Å². The lowest BCUT2D eigenvalue weighted by Gasteiger charge is -2.26. The highest BCUT2D eigenvalue weighted by atomic mass is 19.1. The average Bonchev–Trinajstić information content (AvgIpc) is 2.59. The van der Waals surface area contributed by atoms with Gasteiger partial charge in [-0.3, -0.25) is 4.98 Å². The first-order chi connectivity index (χ1) is 12.4. The van der Waals surface area contributed by atoms with Crippen molar-refractivity contribution in [3.63, 3.8) is 0 Å². The molecule has 1 aromatic carbocycles. The number of pyridine rings is 1. The number of halogens is 1. The van der Waals surface area contributed by atoms with E-state index in [9.17, 15) is 4.39 Å². The molecular weight excluding hydrogens is 331 g/mol. The van der Waals surface area contributed by atoms with Crippen LogP contribution in [0.25, 0.3) is 22.3 Å². The zero-order chi connectivity index (χ0) is 18.7. The Kier molecular flexibility index (Phi) is 5.13. The van der Waals surface area contributed by atoms with Crippen LogP contribution in [0.1, 0.15) is 27.2 Å². The minimum absolute atomic E-state index is 0.193. The normalized spacial score (nSPS) is 13.8. The molecule has 5 nitrogen and oxygen atoms in total. The summed E-state index contributed by atoms with van der Waals surface area (Å²) in [6, 6.07) is 6.66. The quantitative estimate of drug-likeness (QED) is 0.725. The van der Waals surface area contributed by atoms with E-state index >= 15 is 0 Å². The molecule has 136 valence electrons. The largest absolute Gasteiger partial charge is 0.489 e. The lowest BCUT2D eigenvalue weighted by molar-refractivity contribution is 0.200. The molecule has 0 spiro atoms. The first kappa shape index (κ1) is 18.2. The van der Waals surface area contributed by atoms with Crippen molar-refractivity contribution in [1.29, 1.82) is 0 Å². The Labute approximate surface area is 152 Å². The zero-order valence-electron chi connectivity index (χ0n) is 15.2. The molecule has 0 fully saturated rings. The Morgan fingerprint density at radius 3 is 2.58 bits per heavy atom. The molecular formula is C20H23FN4O. The Balaban J connectivity index is 1.84. The predicted octanol–water partition coefficient (Wildman–Crippen LogP) is 3.97. The Hall–Kier alpha value is -2.60. The number of nitrogens with zero attached hydrogens (tertiary/aromatic N) is 3. The van der Waals surface area contributed by atoms with E-state index in [4.69, 9.17) is 10.5 Å². The van der Waals surface area contributed by atoms with Crippen molar-refractivity contribution in [3.8, 4) is 16.9 Å². The third kappa shape index (κ3) is 4.14. The van der Waals surface area contributed by atoms with E-state index in [0.29, 0.717) is 22.6 Å². The lowest BCUT2D eigenvalue weighted by Crippen LogP contribution is -2.43. The van der Waals surface area contributed by atoms with E-state index in [1.54, 1.807) is 36.8 Å². The summed E-state index contributed by atoms with van der Waals surface area (Å²) in [7, 11) is 0. The van der Waals surface area contributed by atoms with Crippen LogP contribution in [-0.4, -0.2) is 27.1 Å². The summed E-state index contributed by atoms with van der Waals surface area (Å²) in [6.45, 7) is 6.37. The predicted molar refractivity (Wildman–Crippen MR) is 100 cm³/mol. The van der Waals surface area contributed by atoms with Crippen LogP contribution in [-0.2, 0) is 0 Å². The van der Waals surface area contributed by atoms with Crippen LogP contribution in [0, 0.1) is 11.7 Å². The summed E-state index contributed by atoms with van der Waals surface area (Å²) in [4.78, 5) is 12.7. The van der Waals surface area contributed by atoms with Gasteiger partial charge in [-0.1, -0.05) is 19.9 Å². The summed E-state index contributed by atoms with van der Waals surface area (Å²) in [5.74, 6) is 0.206. The highest BCUT2D eigenvalue weighted by Crippen LogP contribution is 2.29. The van der Waals surface area contributed by atoms with Gasteiger partial charge in [0, 0.05) is 29.7 Å². The molecule has 3 rings (SSSR count). The molecule has 0 aliphatic carbocycles. The van der Waals surface area contributed by atoms with Gasteiger partial charge >= 0.3 is 0 Å².